The summed E-state index contributed by atoms with van der Waals surface area (Å²) in [6, 6.07) is 15.0. The van der Waals surface area contributed by atoms with E-state index in [1.807, 2.05) is 30.3 Å². The van der Waals surface area contributed by atoms with Gasteiger partial charge in [-0.25, -0.2) is 18.4 Å². The van der Waals surface area contributed by atoms with Gasteiger partial charge in [0, 0.05) is 12.7 Å². The maximum Gasteiger partial charge on any atom is 0.414 e. The Morgan fingerprint density at radius 3 is 2.23 bits per heavy atom. The highest BCUT2D eigenvalue weighted by atomic mass is 32.2. The fraction of sp³-hybridized carbons (Fsp3) is 0.133. The zero-order valence-electron chi connectivity index (χ0n) is 12.0. The van der Waals surface area contributed by atoms with Crippen LogP contribution in [0.1, 0.15) is 5.56 Å². The summed E-state index contributed by atoms with van der Waals surface area (Å²) in [6.07, 6.45) is -0.535. The molecule has 116 valence electrons. The molecule has 0 heterocycles. The number of carbonyl (C=O) groups is 1. The van der Waals surface area contributed by atoms with E-state index in [9.17, 15) is 13.2 Å². The zero-order chi connectivity index (χ0) is 16.2. The van der Waals surface area contributed by atoms with Crippen molar-refractivity contribution in [3.05, 3.63) is 60.2 Å². The van der Waals surface area contributed by atoms with Crippen LogP contribution in [0.4, 0.5) is 10.5 Å². The van der Waals surface area contributed by atoms with E-state index in [1.54, 1.807) is 7.05 Å². The highest BCUT2D eigenvalue weighted by molar-refractivity contribution is 7.89. The molecular formula is C15H16N2O4S. The molecule has 22 heavy (non-hydrogen) atoms. The average Bonchev–Trinajstić information content (AvgIpc) is 2.52. The fourth-order valence-electron chi connectivity index (χ4n) is 1.78. The van der Waals surface area contributed by atoms with Crippen LogP contribution >= 0.6 is 0 Å². The van der Waals surface area contributed by atoms with Gasteiger partial charge in [0.15, 0.2) is 0 Å². The third-order valence-electron chi connectivity index (χ3n) is 3.03. The maximum atomic E-state index is 12.0. The normalized spacial score (nSPS) is 11.0. The van der Waals surface area contributed by atoms with Gasteiger partial charge in [0.25, 0.3) is 0 Å². The second-order valence-electron chi connectivity index (χ2n) is 4.64. The number of hydrogen-bond donors (Lipinski definition) is 1. The molecule has 2 aromatic carbocycles. The van der Waals surface area contributed by atoms with Crippen molar-refractivity contribution in [2.75, 3.05) is 11.9 Å². The van der Waals surface area contributed by atoms with E-state index >= 15 is 0 Å². The van der Waals surface area contributed by atoms with Gasteiger partial charge in [0.1, 0.15) is 6.61 Å². The van der Waals surface area contributed by atoms with Gasteiger partial charge in [-0.15, -0.1) is 0 Å². The van der Waals surface area contributed by atoms with Crippen LogP contribution in [-0.2, 0) is 21.4 Å². The van der Waals surface area contributed by atoms with Crippen molar-refractivity contribution in [2.45, 2.75) is 11.5 Å². The molecule has 0 aliphatic carbocycles. The molecule has 0 radical (unpaired) electrons. The van der Waals surface area contributed by atoms with E-state index in [0.29, 0.717) is 5.69 Å². The number of nitrogens with two attached hydrogens (primary N) is 1. The molecular weight excluding hydrogens is 304 g/mol. The number of carbonyl (C=O) groups excluding carboxylic acids is 1. The van der Waals surface area contributed by atoms with Crippen molar-refractivity contribution in [3.8, 4) is 0 Å². The molecule has 2 aromatic rings. The molecule has 1 amide bonds. The monoisotopic (exact) mass is 320 g/mol. The summed E-state index contributed by atoms with van der Waals surface area (Å²) in [6.45, 7) is 0.166. The predicted octanol–water partition coefficient (Wildman–Crippen LogP) is 2.11. The number of hydrogen-bond acceptors (Lipinski definition) is 4. The third kappa shape index (κ3) is 4.06. The Balaban J connectivity index is 2.01. The summed E-state index contributed by atoms with van der Waals surface area (Å²) in [5, 5.41) is 5.02. The second-order valence-corrected chi connectivity index (χ2v) is 6.20. The molecule has 0 aromatic heterocycles. The summed E-state index contributed by atoms with van der Waals surface area (Å²) in [4.78, 5) is 13.2. The van der Waals surface area contributed by atoms with Crippen molar-refractivity contribution in [2.24, 2.45) is 5.14 Å². The molecule has 0 fully saturated rings. The lowest BCUT2D eigenvalue weighted by atomic mass is 10.2. The Bertz CT molecular complexity index is 743. The SMILES string of the molecule is CN(C(=O)OCc1ccccc1)c1ccc(S(N)(=O)=O)cc1. The van der Waals surface area contributed by atoms with Crippen molar-refractivity contribution in [1.29, 1.82) is 0 Å². The smallest absolute Gasteiger partial charge is 0.414 e. The average molecular weight is 320 g/mol. The van der Waals surface area contributed by atoms with Crippen LogP contribution in [0.15, 0.2) is 59.5 Å². The van der Waals surface area contributed by atoms with E-state index in [0.717, 1.165) is 5.56 Å². The standard InChI is InChI=1S/C15H16N2O4S/c1-17(13-7-9-14(10-8-13)22(16,19)20)15(18)21-11-12-5-3-2-4-6-12/h2-10H,11H2,1H3,(H2,16,19,20). The number of ether oxygens (including phenoxy) is 1. The van der Waals surface area contributed by atoms with Gasteiger partial charge in [-0.2, -0.15) is 0 Å². The third-order valence-corrected chi connectivity index (χ3v) is 3.96. The Morgan fingerprint density at radius 2 is 1.68 bits per heavy atom. The Kier molecular flexibility index (Phi) is 4.79. The summed E-state index contributed by atoms with van der Waals surface area (Å²) in [7, 11) is -2.21. The van der Waals surface area contributed by atoms with Crippen LogP contribution in [0.25, 0.3) is 0 Å². The molecule has 0 saturated heterocycles. The lowest BCUT2D eigenvalue weighted by Gasteiger charge is -2.17. The van der Waals surface area contributed by atoms with E-state index in [2.05, 4.69) is 0 Å². The summed E-state index contributed by atoms with van der Waals surface area (Å²) >= 11 is 0. The minimum absolute atomic E-state index is 0.0118. The predicted molar refractivity (Wildman–Crippen MR) is 82.8 cm³/mol. The molecule has 0 atom stereocenters. The lowest BCUT2D eigenvalue weighted by molar-refractivity contribution is 0.148. The van der Waals surface area contributed by atoms with E-state index in [4.69, 9.17) is 9.88 Å². The first kappa shape index (κ1) is 16.0. The molecule has 0 unspecified atom stereocenters. The second kappa shape index (κ2) is 6.59. The van der Waals surface area contributed by atoms with Gasteiger partial charge in [-0.3, -0.25) is 4.90 Å². The van der Waals surface area contributed by atoms with Crippen LogP contribution in [0.2, 0.25) is 0 Å². The van der Waals surface area contributed by atoms with Crippen molar-refractivity contribution in [3.63, 3.8) is 0 Å². The van der Waals surface area contributed by atoms with Gasteiger partial charge >= 0.3 is 6.09 Å². The zero-order valence-corrected chi connectivity index (χ0v) is 12.8. The van der Waals surface area contributed by atoms with Crippen molar-refractivity contribution < 1.29 is 17.9 Å². The van der Waals surface area contributed by atoms with E-state index in [-0.39, 0.29) is 11.5 Å². The van der Waals surface area contributed by atoms with E-state index < -0.39 is 16.1 Å². The number of sulfonamides is 1. The van der Waals surface area contributed by atoms with Crippen LogP contribution in [0.5, 0.6) is 0 Å². The minimum Gasteiger partial charge on any atom is -0.444 e. The van der Waals surface area contributed by atoms with Crippen LogP contribution < -0.4 is 10.0 Å². The molecule has 7 heteroatoms. The van der Waals surface area contributed by atoms with Crippen molar-refractivity contribution >= 4 is 21.8 Å². The summed E-state index contributed by atoms with van der Waals surface area (Å²) < 4.78 is 27.5. The van der Waals surface area contributed by atoms with Gasteiger partial charge in [-0.05, 0) is 29.8 Å². The number of rotatable bonds is 4. The quantitative estimate of drug-likeness (QED) is 0.934. The molecule has 2 N–H and O–H groups in total. The van der Waals surface area contributed by atoms with Crippen LogP contribution in [-0.4, -0.2) is 21.6 Å². The number of anilines is 1. The lowest BCUT2D eigenvalue weighted by Crippen LogP contribution is -2.27. The highest BCUT2D eigenvalue weighted by Gasteiger charge is 2.14. The first-order valence-corrected chi connectivity index (χ1v) is 8.00. The number of benzene rings is 2. The van der Waals surface area contributed by atoms with E-state index in [1.165, 1.54) is 29.2 Å². The molecule has 0 bridgehead atoms. The first-order valence-electron chi connectivity index (χ1n) is 6.45. The molecule has 6 nitrogen and oxygen atoms in total. The molecule has 0 spiro atoms. The fourth-order valence-corrected chi connectivity index (χ4v) is 2.30. The molecule has 0 aliphatic rings. The molecule has 0 saturated carbocycles. The van der Waals surface area contributed by atoms with Crippen molar-refractivity contribution in [1.82, 2.24) is 0 Å². The van der Waals surface area contributed by atoms with Crippen LogP contribution in [0.3, 0.4) is 0 Å². The first-order chi connectivity index (χ1) is 10.4. The number of primary sulfonamides is 1. The summed E-state index contributed by atoms with van der Waals surface area (Å²) in [5.74, 6) is 0. The Morgan fingerprint density at radius 1 is 1.09 bits per heavy atom. The highest BCUT2D eigenvalue weighted by Crippen LogP contribution is 2.17. The Labute approximate surface area is 129 Å². The van der Waals surface area contributed by atoms with Gasteiger partial charge < -0.3 is 4.74 Å². The maximum absolute atomic E-state index is 12.0. The molecule has 0 aliphatic heterocycles. The van der Waals surface area contributed by atoms with Gasteiger partial charge in [0.05, 0.1) is 4.90 Å². The largest absolute Gasteiger partial charge is 0.444 e. The summed E-state index contributed by atoms with van der Waals surface area (Å²) in [5.41, 5.74) is 1.39. The minimum atomic E-state index is -3.75. The number of amides is 1. The number of nitrogens with zero attached hydrogens (tertiary/aromatic N) is 1. The topological polar surface area (TPSA) is 89.7 Å². The van der Waals surface area contributed by atoms with Gasteiger partial charge in [0.2, 0.25) is 10.0 Å². The van der Waals surface area contributed by atoms with Crippen LogP contribution in [0, 0.1) is 0 Å². The Hall–Kier alpha value is -2.38. The molecule has 2 rings (SSSR count). The van der Waals surface area contributed by atoms with Gasteiger partial charge in [-0.1, -0.05) is 30.3 Å².